The molecule has 1 amide bonds. The number of H-pyrrole nitrogens is 1. The van der Waals surface area contributed by atoms with Crippen LogP contribution in [-0.4, -0.2) is 17.4 Å². The second-order valence-electron chi connectivity index (χ2n) is 6.61. The van der Waals surface area contributed by atoms with Crippen molar-refractivity contribution in [1.82, 2.24) is 10.3 Å². The first-order valence-corrected chi connectivity index (χ1v) is 9.16. The summed E-state index contributed by atoms with van der Waals surface area (Å²) in [4.78, 5) is 15.6. The van der Waals surface area contributed by atoms with Crippen molar-refractivity contribution in [2.45, 2.75) is 13.0 Å². The molecular formula is C23H22N3O+. The first kappa shape index (κ1) is 17.0. The van der Waals surface area contributed by atoms with Gasteiger partial charge in [0.15, 0.2) is 18.9 Å². The molecule has 0 aliphatic heterocycles. The zero-order valence-corrected chi connectivity index (χ0v) is 15.1. The van der Waals surface area contributed by atoms with Crippen molar-refractivity contribution < 1.29 is 9.36 Å². The van der Waals surface area contributed by atoms with Crippen molar-refractivity contribution >= 4 is 16.8 Å². The number of aromatic amines is 1. The number of hydrogen-bond donors (Lipinski definition) is 2. The van der Waals surface area contributed by atoms with E-state index in [0.717, 1.165) is 18.5 Å². The molecular weight excluding hydrogens is 334 g/mol. The Labute approximate surface area is 158 Å². The highest BCUT2D eigenvalue weighted by atomic mass is 16.1. The van der Waals surface area contributed by atoms with Gasteiger partial charge in [-0.2, -0.15) is 0 Å². The monoisotopic (exact) mass is 356 g/mol. The maximum absolute atomic E-state index is 12.4. The van der Waals surface area contributed by atoms with Crippen LogP contribution in [0.25, 0.3) is 10.9 Å². The number of carbonyl (C=O) groups is 1. The molecule has 2 aromatic heterocycles. The van der Waals surface area contributed by atoms with Gasteiger partial charge < -0.3 is 10.3 Å². The SMILES string of the molecule is O=C(NCCc1c[nH]c2ccccc12)c1cc[n+](Cc2ccccc2)cc1. The number of rotatable bonds is 6. The number of fused-ring (bicyclic) bond motifs is 1. The number of pyridine rings is 1. The lowest BCUT2D eigenvalue weighted by molar-refractivity contribution is -0.688. The minimum atomic E-state index is -0.0401. The number of carbonyl (C=O) groups excluding carboxylic acids is 1. The number of para-hydroxylation sites is 1. The highest BCUT2D eigenvalue weighted by Gasteiger charge is 2.09. The summed E-state index contributed by atoms with van der Waals surface area (Å²) in [7, 11) is 0. The maximum Gasteiger partial charge on any atom is 0.251 e. The Morgan fingerprint density at radius 2 is 1.67 bits per heavy atom. The quantitative estimate of drug-likeness (QED) is 0.511. The van der Waals surface area contributed by atoms with Crippen LogP contribution in [0.3, 0.4) is 0 Å². The topological polar surface area (TPSA) is 48.8 Å². The first-order valence-electron chi connectivity index (χ1n) is 9.16. The van der Waals surface area contributed by atoms with Gasteiger partial charge >= 0.3 is 0 Å². The molecule has 0 spiro atoms. The van der Waals surface area contributed by atoms with Gasteiger partial charge in [-0.1, -0.05) is 48.5 Å². The van der Waals surface area contributed by atoms with Crippen molar-refractivity contribution in [3.63, 3.8) is 0 Å². The van der Waals surface area contributed by atoms with Gasteiger partial charge in [-0.15, -0.1) is 0 Å². The van der Waals surface area contributed by atoms with Gasteiger partial charge in [0.05, 0.1) is 5.56 Å². The van der Waals surface area contributed by atoms with E-state index in [1.54, 1.807) is 0 Å². The highest BCUT2D eigenvalue weighted by Crippen LogP contribution is 2.17. The number of nitrogens with zero attached hydrogens (tertiary/aromatic N) is 1. The third kappa shape index (κ3) is 4.06. The van der Waals surface area contributed by atoms with E-state index < -0.39 is 0 Å². The lowest BCUT2D eigenvalue weighted by Crippen LogP contribution is -2.34. The Morgan fingerprint density at radius 3 is 2.48 bits per heavy atom. The predicted octanol–water partition coefficient (Wildman–Crippen LogP) is 3.48. The Kier molecular flexibility index (Phi) is 4.97. The predicted molar refractivity (Wildman–Crippen MR) is 107 cm³/mol. The van der Waals surface area contributed by atoms with E-state index in [2.05, 4.69) is 39.1 Å². The number of nitrogens with one attached hydrogen (secondary N) is 2. The first-order chi connectivity index (χ1) is 13.3. The van der Waals surface area contributed by atoms with Gasteiger partial charge in [0, 0.05) is 41.3 Å². The van der Waals surface area contributed by atoms with Crippen LogP contribution >= 0.6 is 0 Å². The van der Waals surface area contributed by atoms with E-state index >= 15 is 0 Å². The molecule has 2 aromatic carbocycles. The average Bonchev–Trinajstić information content (AvgIpc) is 3.12. The molecule has 2 heterocycles. The van der Waals surface area contributed by atoms with E-state index in [1.807, 2.05) is 61.1 Å². The second kappa shape index (κ2) is 7.87. The molecule has 0 aliphatic carbocycles. The number of benzene rings is 2. The third-order valence-corrected chi connectivity index (χ3v) is 4.72. The minimum Gasteiger partial charge on any atom is -0.361 e. The van der Waals surface area contributed by atoms with E-state index in [-0.39, 0.29) is 5.91 Å². The van der Waals surface area contributed by atoms with Gasteiger partial charge in [-0.25, -0.2) is 4.57 Å². The molecule has 0 fully saturated rings. The highest BCUT2D eigenvalue weighted by molar-refractivity contribution is 5.93. The molecule has 134 valence electrons. The van der Waals surface area contributed by atoms with E-state index in [1.165, 1.54) is 16.5 Å². The third-order valence-electron chi connectivity index (χ3n) is 4.72. The van der Waals surface area contributed by atoms with Gasteiger partial charge in [0.2, 0.25) is 0 Å². The molecule has 27 heavy (non-hydrogen) atoms. The second-order valence-corrected chi connectivity index (χ2v) is 6.61. The molecule has 4 rings (SSSR count). The number of amides is 1. The number of aromatic nitrogens is 2. The molecule has 0 saturated heterocycles. The summed E-state index contributed by atoms with van der Waals surface area (Å²) < 4.78 is 2.07. The fraction of sp³-hybridized carbons (Fsp3) is 0.130. The summed E-state index contributed by atoms with van der Waals surface area (Å²) in [5.74, 6) is -0.0401. The molecule has 0 saturated carbocycles. The zero-order valence-electron chi connectivity index (χ0n) is 15.1. The summed E-state index contributed by atoms with van der Waals surface area (Å²) in [6.07, 6.45) is 6.71. The van der Waals surface area contributed by atoms with Gasteiger partial charge in [0.1, 0.15) is 0 Å². The van der Waals surface area contributed by atoms with Crippen LogP contribution in [0.4, 0.5) is 0 Å². The van der Waals surface area contributed by atoms with E-state index in [9.17, 15) is 4.79 Å². The zero-order chi connectivity index (χ0) is 18.5. The summed E-state index contributed by atoms with van der Waals surface area (Å²) >= 11 is 0. The van der Waals surface area contributed by atoms with Crippen molar-refractivity contribution in [3.05, 3.63) is 102 Å². The molecule has 0 atom stereocenters. The van der Waals surface area contributed by atoms with Gasteiger partial charge in [-0.3, -0.25) is 4.79 Å². The van der Waals surface area contributed by atoms with Crippen molar-refractivity contribution in [3.8, 4) is 0 Å². The van der Waals surface area contributed by atoms with Crippen LogP contribution in [0.1, 0.15) is 21.5 Å². The minimum absolute atomic E-state index is 0.0401. The molecule has 2 N–H and O–H groups in total. The fourth-order valence-corrected chi connectivity index (χ4v) is 3.26. The van der Waals surface area contributed by atoms with Crippen molar-refractivity contribution in [2.75, 3.05) is 6.54 Å². The molecule has 0 radical (unpaired) electrons. The number of hydrogen-bond acceptors (Lipinski definition) is 1. The summed E-state index contributed by atoms with van der Waals surface area (Å²) in [5.41, 5.74) is 4.26. The van der Waals surface area contributed by atoms with Crippen LogP contribution in [-0.2, 0) is 13.0 Å². The van der Waals surface area contributed by atoms with Crippen LogP contribution in [0.15, 0.2) is 85.3 Å². The lowest BCUT2D eigenvalue weighted by atomic mass is 10.1. The van der Waals surface area contributed by atoms with Crippen LogP contribution in [0.5, 0.6) is 0 Å². The largest absolute Gasteiger partial charge is 0.361 e. The molecule has 0 unspecified atom stereocenters. The summed E-state index contributed by atoms with van der Waals surface area (Å²) in [5, 5.41) is 4.23. The Balaban J connectivity index is 1.33. The van der Waals surface area contributed by atoms with Crippen LogP contribution < -0.4 is 9.88 Å². The van der Waals surface area contributed by atoms with Gasteiger partial charge in [-0.05, 0) is 18.1 Å². The Bertz CT molecular complexity index is 1040. The van der Waals surface area contributed by atoms with Crippen molar-refractivity contribution in [2.24, 2.45) is 0 Å². The van der Waals surface area contributed by atoms with Crippen LogP contribution in [0.2, 0.25) is 0 Å². The Hall–Kier alpha value is -3.40. The van der Waals surface area contributed by atoms with Crippen molar-refractivity contribution in [1.29, 1.82) is 0 Å². The molecule has 4 nitrogen and oxygen atoms in total. The standard InChI is InChI=1S/C23H21N3O/c27-23(24-13-10-20-16-25-22-9-5-4-8-21(20)22)19-11-14-26(15-12-19)17-18-6-2-1-3-7-18/h1-9,11-12,14-16,25H,10,13,17H2/p+1. The molecule has 0 bridgehead atoms. The normalized spacial score (nSPS) is 10.8. The van der Waals surface area contributed by atoms with Crippen LogP contribution in [0, 0.1) is 0 Å². The van der Waals surface area contributed by atoms with E-state index in [0.29, 0.717) is 12.1 Å². The van der Waals surface area contributed by atoms with E-state index in [4.69, 9.17) is 0 Å². The molecule has 0 aliphatic rings. The fourth-order valence-electron chi connectivity index (χ4n) is 3.26. The average molecular weight is 356 g/mol. The lowest BCUT2D eigenvalue weighted by Gasteiger charge is -2.05. The maximum atomic E-state index is 12.4. The summed E-state index contributed by atoms with van der Waals surface area (Å²) in [6, 6.07) is 22.2. The molecule has 4 aromatic rings. The molecule has 4 heteroatoms. The van der Waals surface area contributed by atoms with Gasteiger partial charge in [0.25, 0.3) is 5.91 Å². The smallest absolute Gasteiger partial charge is 0.251 e. The Morgan fingerprint density at radius 1 is 0.926 bits per heavy atom. The summed E-state index contributed by atoms with van der Waals surface area (Å²) in [6.45, 7) is 1.41.